The molecule has 0 bridgehead atoms. The Balaban J connectivity index is 2.34. The molecule has 0 radical (unpaired) electrons. The molecule has 1 rings (SSSR count). The van der Waals surface area contributed by atoms with Crippen molar-refractivity contribution >= 4 is 5.82 Å². The van der Waals surface area contributed by atoms with Gasteiger partial charge in [-0.2, -0.15) is 13.2 Å². The van der Waals surface area contributed by atoms with Crippen LogP contribution in [0.3, 0.4) is 0 Å². The van der Waals surface area contributed by atoms with Crippen LogP contribution in [0.2, 0.25) is 0 Å². The molecule has 0 aliphatic heterocycles. The Bertz CT molecular complexity index is 355. The molecule has 0 aliphatic carbocycles. The lowest BCUT2D eigenvalue weighted by Crippen LogP contribution is -2.11. The summed E-state index contributed by atoms with van der Waals surface area (Å²) in [5.74, 6) is 0.236. The molecule has 0 saturated carbocycles. The third-order valence-electron chi connectivity index (χ3n) is 2.16. The molecular weight excluding hydrogens is 245 g/mol. The van der Waals surface area contributed by atoms with Gasteiger partial charge < -0.3 is 10.1 Å². The molecule has 0 spiro atoms. The van der Waals surface area contributed by atoms with Crippen molar-refractivity contribution in [1.82, 2.24) is 4.98 Å². The molecule has 3 nitrogen and oxygen atoms in total. The zero-order chi connectivity index (χ0) is 13.4. The van der Waals surface area contributed by atoms with Crippen molar-refractivity contribution in [2.24, 2.45) is 0 Å². The third-order valence-corrected chi connectivity index (χ3v) is 2.16. The van der Waals surface area contributed by atoms with E-state index in [0.717, 1.165) is 18.9 Å². The van der Waals surface area contributed by atoms with Gasteiger partial charge in [0.1, 0.15) is 11.5 Å². The van der Waals surface area contributed by atoms with Crippen molar-refractivity contribution < 1.29 is 17.9 Å². The van der Waals surface area contributed by atoms with Gasteiger partial charge in [0.15, 0.2) is 0 Å². The molecule has 0 unspecified atom stereocenters. The Hall–Kier alpha value is -1.30. The number of alkyl halides is 3. The summed E-state index contributed by atoms with van der Waals surface area (Å²) in [6.45, 7) is 3.87. The van der Waals surface area contributed by atoms with Crippen LogP contribution in [0.5, 0.6) is 0 Å². The average molecular weight is 262 g/mol. The normalized spacial score (nSPS) is 11.6. The number of halogens is 3. The van der Waals surface area contributed by atoms with Gasteiger partial charge in [0.05, 0.1) is 0 Å². The lowest BCUT2D eigenvalue weighted by Gasteiger charge is -2.09. The zero-order valence-corrected chi connectivity index (χ0v) is 10.3. The first-order valence-corrected chi connectivity index (χ1v) is 5.90. The van der Waals surface area contributed by atoms with Crippen LogP contribution in [0.25, 0.3) is 0 Å². The molecule has 0 atom stereocenters. The van der Waals surface area contributed by atoms with Crippen LogP contribution in [0.4, 0.5) is 19.0 Å². The fourth-order valence-electron chi connectivity index (χ4n) is 1.33. The second kappa shape index (κ2) is 7.20. The standard InChI is InChI=1S/C12H17F3N2O/c1-2-8-18-9-4-7-16-11-6-3-5-10(17-11)12(13,14)15/h3,5-6H,2,4,7-9H2,1H3,(H,16,17). The van der Waals surface area contributed by atoms with Crippen molar-refractivity contribution in [2.75, 3.05) is 25.1 Å². The minimum absolute atomic E-state index is 0.236. The van der Waals surface area contributed by atoms with Gasteiger partial charge in [-0.25, -0.2) is 4.98 Å². The molecule has 1 heterocycles. The van der Waals surface area contributed by atoms with Gasteiger partial charge in [-0.05, 0) is 25.0 Å². The fraction of sp³-hybridized carbons (Fsp3) is 0.583. The Labute approximate surface area is 104 Å². The highest BCUT2D eigenvalue weighted by Crippen LogP contribution is 2.28. The lowest BCUT2D eigenvalue weighted by atomic mass is 10.3. The molecule has 0 fully saturated rings. The van der Waals surface area contributed by atoms with Gasteiger partial charge in [0.25, 0.3) is 0 Å². The van der Waals surface area contributed by atoms with Crippen molar-refractivity contribution in [2.45, 2.75) is 25.9 Å². The van der Waals surface area contributed by atoms with Crippen LogP contribution in [0.1, 0.15) is 25.5 Å². The third kappa shape index (κ3) is 5.35. The summed E-state index contributed by atoms with van der Waals surface area (Å²) in [5.41, 5.74) is -0.880. The molecule has 102 valence electrons. The van der Waals surface area contributed by atoms with Crippen LogP contribution in [0.15, 0.2) is 18.2 Å². The van der Waals surface area contributed by atoms with E-state index in [1.54, 1.807) is 0 Å². The summed E-state index contributed by atoms with van der Waals surface area (Å²) in [4.78, 5) is 3.50. The Morgan fingerprint density at radius 2 is 2.06 bits per heavy atom. The molecule has 6 heteroatoms. The summed E-state index contributed by atoms with van der Waals surface area (Å²) < 4.78 is 42.4. The van der Waals surface area contributed by atoms with Crippen LogP contribution in [0, 0.1) is 0 Å². The van der Waals surface area contributed by atoms with E-state index in [4.69, 9.17) is 4.74 Å². The van der Waals surface area contributed by atoms with Gasteiger partial charge in [-0.1, -0.05) is 13.0 Å². The maximum absolute atomic E-state index is 12.4. The first-order chi connectivity index (χ1) is 8.54. The number of hydrogen-bond acceptors (Lipinski definition) is 3. The molecule has 1 aromatic heterocycles. The van der Waals surface area contributed by atoms with Crippen LogP contribution in [-0.2, 0) is 10.9 Å². The number of ether oxygens (including phenoxy) is 1. The fourth-order valence-corrected chi connectivity index (χ4v) is 1.33. The van der Waals surface area contributed by atoms with Gasteiger partial charge in [-0.3, -0.25) is 0 Å². The molecular formula is C12H17F3N2O. The monoisotopic (exact) mass is 262 g/mol. The van der Waals surface area contributed by atoms with E-state index < -0.39 is 11.9 Å². The van der Waals surface area contributed by atoms with E-state index >= 15 is 0 Å². The molecule has 0 aromatic carbocycles. The summed E-state index contributed by atoms with van der Waals surface area (Å²) in [5, 5.41) is 2.84. The van der Waals surface area contributed by atoms with Gasteiger partial charge in [0, 0.05) is 19.8 Å². The average Bonchev–Trinajstić information content (AvgIpc) is 2.33. The SMILES string of the molecule is CCCOCCCNc1cccc(C(F)(F)F)n1. The van der Waals surface area contributed by atoms with Crippen molar-refractivity contribution in [3.8, 4) is 0 Å². The number of nitrogens with zero attached hydrogens (tertiary/aromatic N) is 1. The Kier molecular flexibility index (Phi) is 5.91. The number of aromatic nitrogens is 1. The van der Waals surface area contributed by atoms with E-state index in [9.17, 15) is 13.2 Å². The van der Waals surface area contributed by atoms with Gasteiger partial charge >= 0.3 is 6.18 Å². The van der Waals surface area contributed by atoms with Crippen LogP contribution < -0.4 is 5.32 Å². The Morgan fingerprint density at radius 1 is 1.28 bits per heavy atom. The molecule has 0 amide bonds. The summed E-state index contributed by atoms with van der Waals surface area (Å²) in [6, 6.07) is 3.81. The predicted octanol–water partition coefficient (Wildman–Crippen LogP) is 3.33. The summed E-state index contributed by atoms with van der Waals surface area (Å²) >= 11 is 0. The second-order valence-electron chi connectivity index (χ2n) is 3.80. The molecule has 0 saturated heterocycles. The molecule has 0 aliphatic rings. The number of pyridine rings is 1. The minimum atomic E-state index is -4.40. The van der Waals surface area contributed by atoms with Crippen LogP contribution >= 0.6 is 0 Å². The van der Waals surface area contributed by atoms with E-state index in [1.165, 1.54) is 12.1 Å². The van der Waals surface area contributed by atoms with Crippen LogP contribution in [-0.4, -0.2) is 24.7 Å². The highest BCUT2D eigenvalue weighted by Gasteiger charge is 2.32. The maximum Gasteiger partial charge on any atom is 0.433 e. The molecule has 1 N–H and O–H groups in total. The largest absolute Gasteiger partial charge is 0.433 e. The number of hydrogen-bond donors (Lipinski definition) is 1. The quantitative estimate of drug-likeness (QED) is 0.765. The van der Waals surface area contributed by atoms with Gasteiger partial charge in [0.2, 0.25) is 0 Å². The van der Waals surface area contributed by atoms with E-state index in [1.807, 2.05) is 6.92 Å². The minimum Gasteiger partial charge on any atom is -0.381 e. The predicted molar refractivity (Wildman–Crippen MR) is 63.5 cm³/mol. The highest BCUT2D eigenvalue weighted by atomic mass is 19.4. The highest BCUT2D eigenvalue weighted by molar-refractivity contribution is 5.35. The van der Waals surface area contributed by atoms with E-state index in [2.05, 4.69) is 10.3 Å². The molecule has 18 heavy (non-hydrogen) atoms. The first-order valence-electron chi connectivity index (χ1n) is 5.90. The van der Waals surface area contributed by atoms with E-state index in [0.29, 0.717) is 19.8 Å². The number of rotatable bonds is 7. The van der Waals surface area contributed by atoms with E-state index in [-0.39, 0.29) is 5.82 Å². The zero-order valence-electron chi connectivity index (χ0n) is 10.3. The summed E-state index contributed by atoms with van der Waals surface area (Å²) in [6.07, 6.45) is -2.71. The lowest BCUT2D eigenvalue weighted by molar-refractivity contribution is -0.141. The number of anilines is 1. The topological polar surface area (TPSA) is 34.1 Å². The van der Waals surface area contributed by atoms with Crippen molar-refractivity contribution in [3.63, 3.8) is 0 Å². The second-order valence-corrected chi connectivity index (χ2v) is 3.80. The van der Waals surface area contributed by atoms with Crippen molar-refractivity contribution in [3.05, 3.63) is 23.9 Å². The smallest absolute Gasteiger partial charge is 0.381 e. The van der Waals surface area contributed by atoms with Gasteiger partial charge in [-0.15, -0.1) is 0 Å². The number of nitrogens with one attached hydrogen (secondary N) is 1. The maximum atomic E-state index is 12.4. The summed E-state index contributed by atoms with van der Waals surface area (Å²) in [7, 11) is 0. The molecule has 1 aromatic rings. The first kappa shape index (κ1) is 14.8. The Morgan fingerprint density at radius 3 is 2.72 bits per heavy atom. The van der Waals surface area contributed by atoms with Crippen molar-refractivity contribution in [1.29, 1.82) is 0 Å².